The summed E-state index contributed by atoms with van der Waals surface area (Å²) in [4.78, 5) is 28.8. The molecule has 2 fully saturated rings. The molecule has 2 aliphatic heterocycles. The van der Waals surface area contributed by atoms with Gasteiger partial charge in [0.25, 0.3) is 0 Å². The fourth-order valence-corrected chi connectivity index (χ4v) is 5.93. The summed E-state index contributed by atoms with van der Waals surface area (Å²) in [5.74, 6) is 0.311. The summed E-state index contributed by atoms with van der Waals surface area (Å²) >= 11 is 0. The number of hydrogen-bond donors (Lipinski definition) is 2. The van der Waals surface area contributed by atoms with Gasteiger partial charge in [-0.2, -0.15) is 0 Å². The average molecular weight is 495 g/mol. The SMILES string of the molecule is CCCCS(=O)(=O)Nc1ccccc1N1CC(CCC(=O)OC)N(CCC2CCNCC2)C1=O. The van der Waals surface area contributed by atoms with Gasteiger partial charge in [0, 0.05) is 19.5 Å². The third kappa shape index (κ3) is 7.09. The van der Waals surface area contributed by atoms with Crippen LogP contribution in [0.25, 0.3) is 0 Å². The Bertz CT molecular complexity index is 933. The van der Waals surface area contributed by atoms with E-state index in [0.29, 0.717) is 43.2 Å². The molecule has 3 rings (SSSR count). The first kappa shape index (κ1) is 26.3. The highest BCUT2D eigenvalue weighted by Gasteiger charge is 2.39. The summed E-state index contributed by atoms with van der Waals surface area (Å²) in [5.41, 5.74) is 0.943. The molecule has 0 aromatic heterocycles. The largest absolute Gasteiger partial charge is 0.469 e. The van der Waals surface area contributed by atoms with Crippen molar-refractivity contribution in [2.75, 3.05) is 48.7 Å². The van der Waals surface area contributed by atoms with Crippen LogP contribution >= 0.6 is 0 Å². The van der Waals surface area contributed by atoms with E-state index in [2.05, 4.69) is 10.0 Å². The minimum atomic E-state index is -3.51. The highest BCUT2D eigenvalue weighted by Crippen LogP contribution is 2.33. The fourth-order valence-electron chi connectivity index (χ4n) is 4.65. The Morgan fingerprint density at radius 3 is 2.65 bits per heavy atom. The van der Waals surface area contributed by atoms with Gasteiger partial charge in [0.05, 0.1) is 30.3 Å². The molecular formula is C24H38N4O5S. The zero-order chi connectivity index (χ0) is 24.6. The molecule has 0 spiro atoms. The van der Waals surface area contributed by atoms with E-state index in [-0.39, 0.29) is 30.2 Å². The second-order valence-electron chi connectivity index (χ2n) is 9.13. The number of hydrogen-bond acceptors (Lipinski definition) is 6. The van der Waals surface area contributed by atoms with Crippen LogP contribution in [-0.2, 0) is 19.6 Å². The van der Waals surface area contributed by atoms with Gasteiger partial charge in [0.2, 0.25) is 10.0 Å². The number of nitrogens with one attached hydrogen (secondary N) is 2. The molecule has 2 amide bonds. The number of carbonyl (C=O) groups excluding carboxylic acids is 2. The molecule has 2 heterocycles. The van der Waals surface area contributed by atoms with Crippen LogP contribution in [-0.4, -0.2) is 70.4 Å². The van der Waals surface area contributed by atoms with Gasteiger partial charge in [-0.1, -0.05) is 25.5 Å². The topological polar surface area (TPSA) is 108 Å². The lowest BCUT2D eigenvalue weighted by molar-refractivity contribution is -0.140. The third-order valence-corrected chi connectivity index (χ3v) is 8.04. The molecular weight excluding hydrogens is 456 g/mol. The zero-order valence-corrected chi connectivity index (χ0v) is 21.1. The molecule has 0 radical (unpaired) electrons. The number of unbranched alkanes of at least 4 members (excludes halogenated alkanes) is 1. The Balaban J connectivity index is 1.78. The van der Waals surface area contributed by atoms with Crippen LogP contribution in [0.15, 0.2) is 24.3 Å². The quantitative estimate of drug-likeness (QED) is 0.432. The van der Waals surface area contributed by atoms with Gasteiger partial charge < -0.3 is 15.0 Å². The first-order chi connectivity index (χ1) is 16.3. The van der Waals surface area contributed by atoms with Gasteiger partial charge in [-0.05, 0) is 63.2 Å². The lowest BCUT2D eigenvalue weighted by atomic mass is 9.94. The average Bonchev–Trinajstić information content (AvgIpc) is 3.15. The van der Waals surface area contributed by atoms with E-state index in [0.717, 1.165) is 38.8 Å². The maximum absolute atomic E-state index is 13.5. The number of methoxy groups -OCH3 is 1. The molecule has 2 saturated heterocycles. The molecule has 0 aliphatic carbocycles. The molecule has 1 aromatic rings. The van der Waals surface area contributed by atoms with E-state index >= 15 is 0 Å². The number of piperidine rings is 1. The van der Waals surface area contributed by atoms with Crippen LogP contribution in [0.4, 0.5) is 16.2 Å². The Kier molecular flexibility index (Phi) is 9.58. The lowest BCUT2D eigenvalue weighted by Gasteiger charge is -2.28. The first-order valence-electron chi connectivity index (χ1n) is 12.3. The van der Waals surface area contributed by atoms with Crippen molar-refractivity contribution in [3.63, 3.8) is 0 Å². The normalized spacial score (nSPS) is 19.5. The van der Waals surface area contributed by atoms with Gasteiger partial charge in [-0.25, -0.2) is 13.2 Å². The van der Waals surface area contributed by atoms with Crippen molar-refractivity contribution in [3.8, 4) is 0 Å². The fraction of sp³-hybridized carbons (Fsp3) is 0.667. The Labute approximate surface area is 203 Å². The molecule has 10 heteroatoms. The second kappa shape index (κ2) is 12.4. The lowest BCUT2D eigenvalue weighted by Crippen LogP contribution is -2.38. The van der Waals surface area contributed by atoms with Crippen LogP contribution in [0.5, 0.6) is 0 Å². The molecule has 0 bridgehead atoms. The molecule has 1 aromatic carbocycles. The number of amides is 2. The van der Waals surface area contributed by atoms with Gasteiger partial charge in [-0.15, -0.1) is 0 Å². The number of sulfonamides is 1. The van der Waals surface area contributed by atoms with Crippen LogP contribution < -0.4 is 14.9 Å². The van der Waals surface area contributed by atoms with Crippen LogP contribution in [0.2, 0.25) is 0 Å². The summed E-state index contributed by atoms with van der Waals surface area (Å²) in [6.07, 6.45) is 5.20. The van der Waals surface area contributed by atoms with E-state index in [1.807, 2.05) is 11.8 Å². The molecule has 190 valence electrons. The van der Waals surface area contributed by atoms with Gasteiger partial charge in [-0.3, -0.25) is 14.4 Å². The number of para-hydroxylation sites is 2. The molecule has 1 unspecified atom stereocenters. The Hall–Kier alpha value is -2.33. The monoisotopic (exact) mass is 494 g/mol. The first-order valence-corrected chi connectivity index (χ1v) is 13.9. The van der Waals surface area contributed by atoms with Gasteiger partial charge in [0.1, 0.15) is 0 Å². The molecule has 2 aliphatic rings. The molecule has 34 heavy (non-hydrogen) atoms. The minimum absolute atomic E-state index is 0.0376. The number of ether oxygens (including phenoxy) is 1. The number of esters is 1. The van der Waals surface area contributed by atoms with Crippen LogP contribution in [0.1, 0.15) is 51.9 Å². The van der Waals surface area contributed by atoms with E-state index < -0.39 is 10.0 Å². The van der Waals surface area contributed by atoms with Crippen molar-refractivity contribution in [2.45, 2.75) is 57.9 Å². The van der Waals surface area contributed by atoms with E-state index in [9.17, 15) is 18.0 Å². The number of urea groups is 1. The number of anilines is 2. The summed E-state index contributed by atoms with van der Waals surface area (Å²) in [6, 6.07) is 6.72. The summed E-state index contributed by atoms with van der Waals surface area (Å²) in [6.45, 7) is 4.97. The number of rotatable bonds is 12. The predicted octanol–water partition coefficient (Wildman–Crippen LogP) is 3.18. The number of carbonyl (C=O) groups is 2. The van der Waals surface area contributed by atoms with Gasteiger partial charge in [0.15, 0.2) is 0 Å². The van der Waals surface area contributed by atoms with Gasteiger partial charge >= 0.3 is 12.0 Å². The highest BCUT2D eigenvalue weighted by molar-refractivity contribution is 7.92. The summed E-state index contributed by atoms with van der Waals surface area (Å²) < 4.78 is 32.6. The highest BCUT2D eigenvalue weighted by atomic mass is 32.2. The Morgan fingerprint density at radius 2 is 1.94 bits per heavy atom. The molecule has 1 atom stereocenters. The number of nitrogens with zero attached hydrogens (tertiary/aromatic N) is 2. The third-order valence-electron chi connectivity index (χ3n) is 6.68. The predicted molar refractivity (Wildman–Crippen MR) is 133 cm³/mol. The maximum atomic E-state index is 13.5. The van der Waals surface area contributed by atoms with Crippen LogP contribution in [0, 0.1) is 5.92 Å². The smallest absolute Gasteiger partial charge is 0.324 e. The molecule has 9 nitrogen and oxygen atoms in total. The maximum Gasteiger partial charge on any atom is 0.324 e. The summed E-state index contributed by atoms with van der Waals surface area (Å²) in [5, 5.41) is 3.37. The zero-order valence-electron chi connectivity index (χ0n) is 20.3. The van der Waals surface area contributed by atoms with Crippen molar-refractivity contribution in [3.05, 3.63) is 24.3 Å². The Morgan fingerprint density at radius 1 is 1.21 bits per heavy atom. The number of benzene rings is 1. The van der Waals surface area contributed by atoms with Crippen molar-refractivity contribution in [1.29, 1.82) is 0 Å². The minimum Gasteiger partial charge on any atom is -0.469 e. The van der Waals surface area contributed by atoms with E-state index in [1.54, 1.807) is 29.2 Å². The standard InChI is InChI=1S/C24H38N4O5S/c1-3-4-17-34(31,32)26-21-7-5-6-8-22(21)28-18-20(9-10-23(29)33-2)27(24(28)30)16-13-19-11-14-25-15-12-19/h5-8,19-20,25-26H,3-4,9-18H2,1-2H3. The van der Waals surface area contributed by atoms with Crippen molar-refractivity contribution in [2.24, 2.45) is 5.92 Å². The molecule has 0 saturated carbocycles. The van der Waals surface area contributed by atoms with Crippen molar-refractivity contribution >= 4 is 33.4 Å². The van der Waals surface area contributed by atoms with Crippen molar-refractivity contribution < 1.29 is 22.7 Å². The second-order valence-corrected chi connectivity index (χ2v) is 11.0. The van der Waals surface area contributed by atoms with Crippen molar-refractivity contribution in [1.82, 2.24) is 10.2 Å². The van der Waals surface area contributed by atoms with Crippen LogP contribution in [0.3, 0.4) is 0 Å². The summed E-state index contributed by atoms with van der Waals surface area (Å²) in [7, 11) is -2.15. The van der Waals surface area contributed by atoms with E-state index in [4.69, 9.17) is 4.74 Å². The molecule has 2 N–H and O–H groups in total. The van der Waals surface area contributed by atoms with E-state index in [1.165, 1.54) is 7.11 Å².